The summed E-state index contributed by atoms with van der Waals surface area (Å²) in [5, 5.41) is 2.44. The smallest absolute Gasteiger partial charge is 0.193 e. The maximum atomic E-state index is 12.6. The maximum absolute atomic E-state index is 12.6. The lowest BCUT2D eigenvalue weighted by Crippen LogP contribution is -2.03. The second-order valence-corrected chi connectivity index (χ2v) is 5.00. The van der Waals surface area contributed by atoms with E-state index < -0.39 is 0 Å². The predicted molar refractivity (Wildman–Crippen MR) is 83.2 cm³/mol. The quantitative estimate of drug-likeness (QED) is 0.562. The van der Waals surface area contributed by atoms with E-state index in [2.05, 4.69) is 0 Å². The van der Waals surface area contributed by atoms with Crippen molar-refractivity contribution in [2.24, 2.45) is 0 Å². The molecule has 0 aliphatic carbocycles. The molecule has 0 saturated heterocycles. The van der Waals surface area contributed by atoms with Crippen LogP contribution in [0, 0.1) is 0 Å². The first-order valence-electron chi connectivity index (χ1n) is 6.24. The van der Waals surface area contributed by atoms with Gasteiger partial charge in [-0.25, -0.2) is 0 Å². The van der Waals surface area contributed by atoms with Crippen LogP contribution in [-0.2, 0) is 0 Å². The van der Waals surface area contributed by atoms with Gasteiger partial charge in [0.15, 0.2) is 5.78 Å². The molecule has 0 aliphatic heterocycles. The third-order valence-electron chi connectivity index (χ3n) is 3.29. The molecule has 2 nitrogen and oxygen atoms in total. The van der Waals surface area contributed by atoms with Crippen LogP contribution in [0.2, 0.25) is 5.02 Å². The monoisotopic (exact) mass is 281 g/mol. The zero-order valence-electron chi connectivity index (χ0n) is 10.6. The third-order valence-corrected chi connectivity index (χ3v) is 3.64. The highest BCUT2D eigenvalue weighted by molar-refractivity contribution is 6.33. The van der Waals surface area contributed by atoms with E-state index in [0.29, 0.717) is 21.8 Å². The number of nitrogen functional groups attached to an aromatic ring is 1. The zero-order valence-corrected chi connectivity index (χ0v) is 11.4. The number of rotatable bonds is 2. The van der Waals surface area contributed by atoms with E-state index >= 15 is 0 Å². The lowest BCUT2D eigenvalue weighted by molar-refractivity contribution is 0.104. The molecule has 0 amide bonds. The summed E-state index contributed by atoms with van der Waals surface area (Å²) >= 11 is 5.89. The van der Waals surface area contributed by atoms with Crippen LogP contribution in [0.5, 0.6) is 0 Å². The molecule has 0 heterocycles. The summed E-state index contributed by atoms with van der Waals surface area (Å²) in [5.74, 6) is -0.0508. The first-order chi connectivity index (χ1) is 9.66. The van der Waals surface area contributed by atoms with E-state index in [1.54, 1.807) is 18.2 Å². The summed E-state index contributed by atoms with van der Waals surface area (Å²) < 4.78 is 0. The average molecular weight is 282 g/mol. The fourth-order valence-electron chi connectivity index (χ4n) is 2.26. The molecule has 0 unspecified atom stereocenters. The van der Waals surface area contributed by atoms with Gasteiger partial charge in [0.1, 0.15) is 0 Å². The first-order valence-corrected chi connectivity index (χ1v) is 6.62. The molecule has 0 aliphatic rings. The second-order valence-electron chi connectivity index (χ2n) is 4.59. The van der Waals surface area contributed by atoms with Crippen molar-refractivity contribution in [1.82, 2.24) is 0 Å². The summed E-state index contributed by atoms with van der Waals surface area (Å²) in [5.41, 5.74) is 7.40. The Hall–Kier alpha value is -2.32. The van der Waals surface area contributed by atoms with Crippen molar-refractivity contribution in [3.8, 4) is 0 Å². The molecule has 0 fully saturated rings. The molecule has 3 aromatic rings. The molecule has 3 heteroatoms. The van der Waals surface area contributed by atoms with E-state index in [1.807, 2.05) is 42.5 Å². The zero-order chi connectivity index (χ0) is 14.1. The molecular formula is C17H12ClNO. The number of fused-ring (bicyclic) bond motifs is 1. The van der Waals surface area contributed by atoms with Gasteiger partial charge in [-0.1, -0.05) is 54.1 Å². The van der Waals surface area contributed by atoms with Gasteiger partial charge in [-0.15, -0.1) is 0 Å². The van der Waals surface area contributed by atoms with Crippen LogP contribution in [0.15, 0.2) is 60.7 Å². The van der Waals surface area contributed by atoms with Gasteiger partial charge in [-0.3, -0.25) is 4.79 Å². The highest BCUT2D eigenvalue weighted by Crippen LogP contribution is 2.24. The average Bonchev–Trinajstić information content (AvgIpc) is 2.49. The van der Waals surface area contributed by atoms with E-state index in [0.717, 1.165) is 10.8 Å². The van der Waals surface area contributed by atoms with Crippen LogP contribution in [0.4, 0.5) is 5.69 Å². The van der Waals surface area contributed by atoms with Crippen molar-refractivity contribution in [3.05, 3.63) is 76.8 Å². The maximum Gasteiger partial charge on any atom is 0.193 e. The fraction of sp³-hybridized carbons (Fsp3) is 0. The molecule has 0 atom stereocenters. The summed E-state index contributed by atoms with van der Waals surface area (Å²) in [4.78, 5) is 12.6. The van der Waals surface area contributed by atoms with Crippen LogP contribution < -0.4 is 5.73 Å². The minimum Gasteiger partial charge on any atom is -0.398 e. The van der Waals surface area contributed by atoms with Gasteiger partial charge in [-0.2, -0.15) is 0 Å². The minimum atomic E-state index is -0.0508. The van der Waals surface area contributed by atoms with Crippen molar-refractivity contribution in [2.75, 3.05) is 5.73 Å². The largest absolute Gasteiger partial charge is 0.398 e. The molecule has 0 aromatic heterocycles. The summed E-state index contributed by atoms with van der Waals surface area (Å²) in [6.07, 6.45) is 0. The van der Waals surface area contributed by atoms with Crippen molar-refractivity contribution in [2.45, 2.75) is 0 Å². The van der Waals surface area contributed by atoms with E-state index in [-0.39, 0.29) is 5.78 Å². The Labute approximate surface area is 121 Å². The number of carbonyl (C=O) groups is 1. The lowest BCUT2D eigenvalue weighted by atomic mass is 9.97. The van der Waals surface area contributed by atoms with Gasteiger partial charge in [0.2, 0.25) is 0 Å². The Kier molecular flexibility index (Phi) is 3.17. The predicted octanol–water partition coefficient (Wildman–Crippen LogP) is 4.31. The fourth-order valence-corrected chi connectivity index (χ4v) is 2.38. The van der Waals surface area contributed by atoms with Crippen molar-refractivity contribution < 1.29 is 4.79 Å². The molecule has 3 aromatic carbocycles. The molecule has 0 saturated carbocycles. The number of halogens is 1. The van der Waals surface area contributed by atoms with Gasteiger partial charge < -0.3 is 5.73 Å². The molecule has 2 N–H and O–H groups in total. The SMILES string of the molecule is Nc1cc(C(=O)c2cccc3ccccc23)ccc1Cl. The number of anilines is 1. The second kappa shape index (κ2) is 4.99. The molecule has 20 heavy (non-hydrogen) atoms. The highest BCUT2D eigenvalue weighted by Gasteiger charge is 2.13. The Morgan fingerprint density at radius 2 is 1.70 bits per heavy atom. The van der Waals surface area contributed by atoms with Crippen LogP contribution in [0.1, 0.15) is 15.9 Å². The Morgan fingerprint density at radius 3 is 2.50 bits per heavy atom. The number of benzene rings is 3. The molecule has 0 spiro atoms. The summed E-state index contributed by atoms with van der Waals surface area (Å²) in [6, 6.07) is 18.5. The van der Waals surface area contributed by atoms with Crippen LogP contribution >= 0.6 is 11.6 Å². The first kappa shape index (κ1) is 12.7. The van der Waals surface area contributed by atoms with E-state index in [4.69, 9.17) is 17.3 Å². The number of carbonyl (C=O) groups excluding carboxylic acids is 1. The normalized spacial score (nSPS) is 10.7. The van der Waals surface area contributed by atoms with Crippen LogP contribution in [0.25, 0.3) is 10.8 Å². The molecule has 0 radical (unpaired) electrons. The molecule has 3 rings (SSSR count). The molecule has 98 valence electrons. The summed E-state index contributed by atoms with van der Waals surface area (Å²) in [6.45, 7) is 0. The van der Waals surface area contributed by atoms with Gasteiger partial charge >= 0.3 is 0 Å². The summed E-state index contributed by atoms with van der Waals surface area (Å²) in [7, 11) is 0. The van der Waals surface area contributed by atoms with E-state index in [1.165, 1.54) is 0 Å². The van der Waals surface area contributed by atoms with E-state index in [9.17, 15) is 4.79 Å². The third kappa shape index (κ3) is 2.15. The highest BCUT2D eigenvalue weighted by atomic mass is 35.5. The van der Waals surface area contributed by atoms with Crippen molar-refractivity contribution in [1.29, 1.82) is 0 Å². The molecule has 0 bridgehead atoms. The van der Waals surface area contributed by atoms with Gasteiger partial charge in [-0.05, 0) is 29.0 Å². The Bertz CT molecular complexity index is 806. The van der Waals surface area contributed by atoms with Gasteiger partial charge in [0.25, 0.3) is 0 Å². The van der Waals surface area contributed by atoms with Crippen LogP contribution in [-0.4, -0.2) is 5.78 Å². The van der Waals surface area contributed by atoms with Crippen LogP contribution in [0.3, 0.4) is 0 Å². The number of ketones is 1. The Balaban J connectivity index is 2.15. The lowest BCUT2D eigenvalue weighted by Gasteiger charge is -2.07. The van der Waals surface area contributed by atoms with Crippen molar-refractivity contribution in [3.63, 3.8) is 0 Å². The van der Waals surface area contributed by atoms with Crippen molar-refractivity contribution >= 4 is 33.8 Å². The Morgan fingerprint density at radius 1 is 0.950 bits per heavy atom. The number of hydrogen-bond acceptors (Lipinski definition) is 2. The van der Waals surface area contributed by atoms with Gasteiger partial charge in [0, 0.05) is 11.1 Å². The van der Waals surface area contributed by atoms with Gasteiger partial charge in [0.05, 0.1) is 10.7 Å². The minimum absolute atomic E-state index is 0.0508. The number of nitrogens with two attached hydrogens (primary N) is 1. The molecular weight excluding hydrogens is 270 g/mol. The standard InChI is InChI=1S/C17H12ClNO/c18-15-9-8-12(10-16(15)19)17(20)14-7-3-5-11-4-1-2-6-13(11)14/h1-10H,19H2. The topological polar surface area (TPSA) is 43.1 Å². The number of hydrogen-bond donors (Lipinski definition) is 1.